The quantitative estimate of drug-likeness (QED) is 0.217. The number of Topliss-reactive ketones (excluding diaryl/α,β-unsaturated/α-hetero) is 2. The van der Waals surface area contributed by atoms with Crippen LogP contribution >= 0.6 is 0 Å². The molecule has 0 fully saturated rings. The molecule has 0 bridgehead atoms. The van der Waals surface area contributed by atoms with Gasteiger partial charge in [-0.2, -0.15) is 0 Å². The average molecular weight is 450 g/mol. The minimum atomic E-state index is -0.671. The molecule has 0 saturated heterocycles. The third kappa shape index (κ3) is 3.25. The number of hydrogen-bond donors (Lipinski definition) is 0. The molecular weight excluding hydrogens is 436 g/mol. The van der Waals surface area contributed by atoms with Crippen LogP contribution in [-0.4, -0.2) is 21.4 Å². The summed E-state index contributed by atoms with van der Waals surface area (Å²) in [6.45, 7) is 0. The molecule has 0 aromatic heterocycles. The predicted octanol–water partition coefficient (Wildman–Crippen LogP) is 5.88. The zero-order chi connectivity index (χ0) is 24.0. The lowest BCUT2D eigenvalue weighted by molar-refractivity contribution is -0.384. The molecule has 8 nitrogen and oxygen atoms in total. The standard InChI is InChI=1S/C26H14N2O6/c29-25-19-11-9-15(17-5-1-3-7-23(17)27(31)32)13-21(19)22-14-16(10-12-20(22)26(25)30)18-6-2-4-8-24(18)28(33)34/h1-14H. The third-order valence-electron chi connectivity index (χ3n) is 5.85. The Hall–Kier alpha value is -4.98. The number of rotatable bonds is 4. The normalized spacial score (nSPS) is 12.1. The predicted molar refractivity (Wildman–Crippen MR) is 125 cm³/mol. The van der Waals surface area contributed by atoms with Gasteiger partial charge in [0.05, 0.1) is 21.0 Å². The van der Waals surface area contributed by atoms with Crippen molar-refractivity contribution in [1.82, 2.24) is 0 Å². The molecule has 1 aliphatic rings. The van der Waals surface area contributed by atoms with E-state index in [1.54, 1.807) is 60.7 Å². The van der Waals surface area contributed by atoms with E-state index in [0.717, 1.165) is 0 Å². The van der Waals surface area contributed by atoms with Crippen molar-refractivity contribution in [2.24, 2.45) is 0 Å². The Morgan fingerprint density at radius 2 is 0.853 bits per heavy atom. The highest BCUT2D eigenvalue weighted by molar-refractivity contribution is 6.53. The number of carbonyl (C=O) groups is 2. The molecule has 0 unspecified atom stereocenters. The summed E-state index contributed by atoms with van der Waals surface area (Å²) in [6, 6.07) is 21.9. The number of para-hydroxylation sites is 2. The highest BCUT2D eigenvalue weighted by Gasteiger charge is 2.31. The summed E-state index contributed by atoms with van der Waals surface area (Å²) >= 11 is 0. The molecule has 0 amide bonds. The minimum Gasteiger partial charge on any atom is -0.285 e. The van der Waals surface area contributed by atoms with E-state index in [-0.39, 0.29) is 22.5 Å². The van der Waals surface area contributed by atoms with E-state index in [1.807, 2.05) is 0 Å². The van der Waals surface area contributed by atoms with E-state index in [4.69, 9.17) is 0 Å². The van der Waals surface area contributed by atoms with Crippen LogP contribution in [0.3, 0.4) is 0 Å². The third-order valence-corrected chi connectivity index (χ3v) is 5.85. The molecule has 0 saturated carbocycles. The lowest BCUT2D eigenvalue weighted by Gasteiger charge is -2.20. The van der Waals surface area contributed by atoms with Gasteiger partial charge >= 0.3 is 0 Å². The van der Waals surface area contributed by atoms with Crippen molar-refractivity contribution in [2.75, 3.05) is 0 Å². The Labute approximate surface area is 192 Å². The van der Waals surface area contributed by atoms with Crippen molar-refractivity contribution in [1.29, 1.82) is 0 Å². The van der Waals surface area contributed by atoms with Crippen molar-refractivity contribution >= 4 is 22.9 Å². The number of benzene rings is 4. The smallest absolute Gasteiger partial charge is 0.277 e. The fraction of sp³-hybridized carbons (Fsp3) is 0. The maximum Gasteiger partial charge on any atom is 0.277 e. The van der Waals surface area contributed by atoms with Crippen molar-refractivity contribution in [3.8, 4) is 33.4 Å². The summed E-state index contributed by atoms with van der Waals surface area (Å²) in [5.74, 6) is -1.34. The number of ketones is 2. The summed E-state index contributed by atoms with van der Waals surface area (Å²) < 4.78 is 0. The Morgan fingerprint density at radius 1 is 0.471 bits per heavy atom. The minimum absolute atomic E-state index is 0.0884. The number of nitro groups is 2. The Balaban J connectivity index is 1.74. The van der Waals surface area contributed by atoms with E-state index < -0.39 is 21.4 Å². The van der Waals surface area contributed by atoms with Gasteiger partial charge in [-0.1, -0.05) is 36.4 Å². The number of fused-ring (bicyclic) bond motifs is 3. The Morgan fingerprint density at radius 3 is 1.24 bits per heavy atom. The van der Waals surface area contributed by atoms with Crippen LogP contribution in [0, 0.1) is 20.2 Å². The maximum absolute atomic E-state index is 12.8. The lowest BCUT2D eigenvalue weighted by Crippen LogP contribution is -2.21. The largest absolute Gasteiger partial charge is 0.285 e. The van der Waals surface area contributed by atoms with Crippen molar-refractivity contribution in [2.45, 2.75) is 0 Å². The molecule has 8 heteroatoms. The van der Waals surface area contributed by atoms with E-state index in [2.05, 4.69) is 0 Å². The van der Waals surface area contributed by atoms with Gasteiger partial charge < -0.3 is 0 Å². The molecular formula is C26H14N2O6. The molecule has 0 N–H and O–H groups in total. The highest BCUT2D eigenvalue weighted by atomic mass is 16.6. The molecule has 4 aromatic rings. The molecule has 0 radical (unpaired) electrons. The second-order valence-corrected chi connectivity index (χ2v) is 7.73. The molecule has 5 rings (SSSR count). The zero-order valence-corrected chi connectivity index (χ0v) is 17.4. The van der Waals surface area contributed by atoms with Crippen molar-refractivity contribution in [3.05, 3.63) is 116 Å². The van der Waals surface area contributed by atoms with Gasteiger partial charge in [0.15, 0.2) is 0 Å². The van der Waals surface area contributed by atoms with Gasteiger partial charge in [-0.15, -0.1) is 0 Å². The van der Waals surface area contributed by atoms with Crippen LogP contribution in [0.1, 0.15) is 20.7 Å². The van der Waals surface area contributed by atoms with Crippen LogP contribution in [0.25, 0.3) is 33.4 Å². The second-order valence-electron chi connectivity index (χ2n) is 7.73. The lowest BCUT2D eigenvalue weighted by atomic mass is 9.81. The van der Waals surface area contributed by atoms with Crippen LogP contribution in [0.2, 0.25) is 0 Å². The average Bonchev–Trinajstić information content (AvgIpc) is 2.86. The number of nitrogens with zero attached hydrogens (tertiary/aromatic N) is 2. The summed E-state index contributed by atoms with van der Waals surface area (Å²) in [7, 11) is 0. The van der Waals surface area contributed by atoms with Gasteiger partial charge in [-0.05, 0) is 58.7 Å². The first kappa shape index (κ1) is 20.9. The molecule has 0 atom stereocenters. The summed E-state index contributed by atoms with van der Waals surface area (Å²) in [6.07, 6.45) is 0. The van der Waals surface area contributed by atoms with Crippen LogP contribution < -0.4 is 0 Å². The highest BCUT2D eigenvalue weighted by Crippen LogP contribution is 2.41. The summed E-state index contributed by atoms with van der Waals surface area (Å²) in [5, 5.41) is 23.0. The monoisotopic (exact) mass is 450 g/mol. The van der Waals surface area contributed by atoms with E-state index in [1.165, 1.54) is 24.3 Å². The van der Waals surface area contributed by atoms with Gasteiger partial charge in [0.25, 0.3) is 11.4 Å². The Bertz CT molecular complexity index is 1440. The number of nitro benzene ring substituents is 2. The van der Waals surface area contributed by atoms with Gasteiger partial charge in [0, 0.05) is 23.3 Å². The van der Waals surface area contributed by atoms with Gasteiger partial charge in [0.2, 0.25) is 11.6 Å². The van der Waals surface area contributed by atoms with Crippen molar-refractivity contribution < 1.29 is 19.4 Å². The van der Waals surface area contributed by atoms with Gasteiger partial charge in [0.1, 0.15) is 0 Å². The van der Waals surface area contributed by atoms with E-state index >= 15 is 0 Å². The molecule has 0 spiro atoms. The summed E-state index contributed by atoms with van der Waals surface area (Å²) in [4.78, 5) is 47.6. The SMILES string of the molecule is O=C1C(=O)c2ccc(-c3ccccc3[N+](=O)[O-])cc2-c2cc(-c3ccccc3[N+](=O)[O-])ccc21. The molecule has 4 aromatic carbocycles. The van der Waals surface area contributed by atoms with Gasteiger partial charge in [-0.25, -0.2) is 0 Å². The van der Waals surface area contributed by atoms with Crippen LogP contribution in [0.4, 0.5) is 11.4 Å². The first-order valence-electron chi connectivity index (χ1n) is 10.2. The maximum atomic E-state index is 12.8. The molecule has 0 heterocycles. The molecule has 164 valence electrons. The first-order chi connectivity index (χ1) is 16.4. The fourth-order valence-electron chi connectivity index (χ4n) is 4.26. The second kappa shape index (κ2) is 7.86. The van der Waals surface area contributed by atoms with Gasteiger partial charge in [-0.3, -0.25) is 29.8 Å². The Kier molecular flexibility index (Phi) is 4.83. The zero-order valence-electron chi connectivity index (χ0n) is 17.4. The number of carbonyl (C=O) groups excluding carboxylic acids is 2. The van der Waals surface area contributed by atoms with Crippen LogP contribution in [0.5, 0.6) is 0 Å². The van der Waals surface area contributed by atoms with E-state index in [9.17, 15) is 29.8 Å². The molecule has 1 aliphatic carbocycles. The van der Waals surface area contributed by atoms with Crippen LogP contribution in [-0.2, 0) is 0 Å². The topological polar surface area (TPSA) is 120 Å². The summed E-state index contributed by atoms with van der Waals surface area (Å²) in [5.41, 5.74) is 2.83. The molecule has 0 aliphatic heterocycles. The van der Waals surface area contributed by atoms with Crippen LogP contribution in [0.15, 0.2) is 84.9 Å². The fourth-order valence-corrected chi connectivity index (χ4v) is 4.26. The van der Waals surface area contributed by atoms with E-state index in [0.29, 0.717) is 33.4 Å². The van der Waals surface area contributed by atoms with Crippen molar-refractivity contribution in [3.63, 3.8) is 0 Å². The number of hydrogen-bond acceptors (Lipinski definition) is 6. The first-order valence-corrected chi connectivity index (χ1v) is 10.2. The molecule has 34 heavy (non-hydrogen) atoms.